The quantitative estimate of drug-likeness (QED) is 0.566. The highest BCUT2D eigenvalue weighted by atomic mass is 32.2. The van der Waals surface area contributed by atoms with E-state index in [4.69, 9.17) is 0 Å². The summed E-state index contributed by atoms with van der Waals surface area (Å²) < 4.78 is 27.1. The van der Waals surface area contributed by atoms with Gasteiger partial charge in [-0.05, 0) is 74.7 Å². The minimum absolute atomic E-state index is 0.0634. The molecule has 0 unspecified atom stereocenters. The number of benzene rings is 2. The summed E-state index contributed by atoms with van der Waals surface area (Å²) >= 11 is 0. The van der Waals surface area contributed by atoms with E-state index in [9.17, 15) is 13.2 Å². The van der Waals surface area contributed by atoms with Gasteiger partial charge in [-0.1, -0.05) is 12.1 Å². The van der Waals surface area contributed by atoms with Crippen LogP contribution in [0.5, 0.6) is 0 Å². The number of carbonyl (C=O) groups excluding carboxylic acids is 1. The van der Waals surface area contributed by atoms with E-state index < -0.39 is 10.0 Å². The molecule has 32 heavy (non-hydrogen) atoms. The molecule has 1 saturated carbocycles. The molecule has 172 valence electrons. The van der Waals surface area contributed by atoms with Gasteiger partial charge in [0.05, 0.1) is 4.90 Å². The van der Waals surface area contributed by atoms with Gasteiger partial charge in [0, 0.05) is 50.0 Å². The van der Waals surface area contributed by atoms with Gasteiger partial charge in [-0.2, -0.15) is 0 Å². The Bertz CT molecular complexity index is 1030. The zero-order valence-electron chi connectivity index (χ0n) is 18.6. The highest BCUT2D eigenvalue weighted by Crippen LogP contribution is 2.22. The van der Waals surface area contributed by atoms with Gasteiger partial charge in [0.15, 0.2) is 0 Å². The Balaban J connectivity index is 1.16. The highest BCUT2D eigenvalue weighted by molar-refractivity contribution is 7.89. The average Bonchev–Trinajstić information content (AvgIpc) is 3.60. The monoisotopic (exact) mass is 456 g/mol. The maximum absolute atomic E-state index is 12.4. The Morgan fingerprint density at radius 1 is 1.03 bits per heavy atom. The normalized spacial score (nSPS) is 17.3. The molecule has 0 aromatic heterocycles. The fraction of sp³-hybridized carbons (Fsp3) is 0.458. The standard InChI is InChI=1S/C24H32N4O3S/c1-19-4-2-5-22(18-19)28-16-14-27(15-17-28)13-3-12-25-24(29)20-6-10-23(11-7-20)32(30,31)26-21-8-9-21/h2,4-7,10-11,18,21,26H,3,8-9,12-17H2,1H3,(H,25,29). The molecule has 1 amide bonds. The molecule has 0 spiro atoms. The van der Waals surface area contributed by atoms with Crippen LogP contribution in [0.4, 0.5) is 5.69 Å². The first-order valence-electron chi connectivity index (χ1n) is 11.4. The Morgan fingerprint density at radius 2 is 1.75 bits per heavy atom. The maximum Gasteiger partial charge on any atom is 0.251 e. The number of aryl methyl sites for hydroxylation is 1. The second-order valence-electron chi connectivity index (χ2n) is 8.70. The summed E-state index contributed by atoms with van der Waals surface area (Å²) in [6.45, 7) is 7.74. The van der Waals surface area contributed by atoms with Crippen LogP contribution < -0.4 is 14.9 Å². The molecular weight excluding hydrogens is 424 g/mol. The molecule has 1 saturated heterocycles. The number of anilines is 1. The smallest absolute Gasteiger partial charge is 0.251 e. The number of nitrogens with one attached hydrogen (secondary N) is 2. The van der Waals surface area contributed by atoms with Gasteiger partial charge in [0.1, 0.15) is 0 Å². The lowest BCUT2D eigenvalue weighted by molar-refractivity contribution is 0.0951. The van der Waals surface area contributed by atoms with Crippen molar-refractivity contribution < 1.29 is 13.2 Å². The number of sulfonamides is 1. The average molecular weight is 457 g/mol. The number of hydrogen-bond donors (Lipinski definition) is 2. The van der Waals surface area contributed by atoms with Gasteiger partial charge in [0.25, 0.3) is 5.91 Å². The second kappa shape index (κ2) is 10.0. The highest BCUT2D eigenvalue weighted by Gasteiger charge is 2.28. The van der Waals surface area contributed by atoms with Crippen LogP contribution in [0.2, 0.25) is 0 Å². The molecule has 2 aromatic carbocycles. The fourth-order valence-corrected chi connectivity index (χ4v) is 5.24. The van der Waals surface area contributed by atoms with E-state index in [0.717, 1.165) is 52.0 Å². The molecule has 2 aromatic rings. The second-order valence-corrected chi connectivity index (χ2v) is 10.4. The lowest BCUT2D eigenvalue weighted by Crippen LogP contribution is -2.47. The number of rotatable bonds is 9. The van der Waals surface area contributed by atoms with Crippen molar-refractivity contribution in [2.24, 2.45) is 0 Å². The maximum atomic E-state index is 12.4. The van der Waals surface area contributed by atoms with Crippen LogP contribution in [0.15, 0.2) is 53.4 Å². The molecule has 4 rings (SSSR count). The van der Waals surface area contributed by atoms with E-state index in [1.54, 1.807) is 12.1 Å². The summed E-state index contributed by atoms with van der Waals surface area (Å²) in [6, 6.07) is 14.8. The van der Waals surface area contributed by atoms with E-state index in [-0.39, 0.29) is 16.8 Å². The molecule has 0 bridgehead atoms. The number of amides is 1. The lowest BCUT2D eigenvalue weighted by Gasteiger charge is -2.36. The molecule has 2 fully saturated rings. The van der Waals surface area contributed by atoms with Crippen LogP contribution in [0, 0.1) is 6.92 Å². The topological polar surface area (TPSA) is 81.8 Å². The van der Waals surface area contributed by atoms with E-state index in [0.29, 0.717) is 12.1 Å². The number of nitrogens with zero attached hydrogens (tertiary/aromatic N) is 2. The van der Waals surface area contributed by atoms with Crippen molar-refractivity contribution in [3.8, 4) is 0 Å². The third kappa shape index (κ3) is 6.09. The van der Waals surface area contributed by atoms with Crippen LogP contribution in [-0.4, -0.2) is 64.5 Å². The summed E-state index contributed by atoms with van der Waals surface area (Å²) in [5, 5.41) is 2.94. The third-order valence-corrected chi connectivity index (χ3v) is 7.54. The summed E-state index contributed by atoms with van der Waals surface area (Å²) in [6.07, 6.45) is 2.66. The summed E-state index contributed by atoms with van der Waals surface area (Å²) in [7, 11) is -3.49. The molecular formula is C24H32N4O3S. The van der Waals surface area contributed by atoms with Crippen LogP contribution >= 0.6 is 0 Å². The van der Waals surface area contributed by atoms with Crippen molar-refractivity contribution in [2.45, 2.75) is 37.1 Å². The Labute approximate surface area is 190 Å². The van der Waals surface area contributed by atoms with Gasteiger partial charge in [-0.25, -0.2) is 13.1 Å². The SMILES string of the molecule is Cc1cccc(N2CCN(CCCNC(=O)c3ccc(S(=O)(=O)NC4CC4)cc3)CC2)c1. The number of piperazine rings is 1. The van der Waals surface area contributed by atoms with Crippen molar-refractivity contribution in [1.82, 2.24) is 14.9 Å². The van der Waals surface area contributed by atoms with Crippen molar-refractivity contribution in [2.75, 3.05) is 44.2 Å². The van der Waals surface area contributed by atoms with Crippen molar-refractivity contribution >= 4 is 21.6 Å². The van der Waals surface area contributed by atoms with E-state index in [1.807, 2.05) is 0 Å². The van der Waals surface area contributed by atoms with Gasteiger partial charge in [-0.15, -0.1) is 0 Å². The fourth-order valence-electron chi connectivity index (χ4n) is 3.94. The zero-order chi connectivity index (χ0) is 22.6. The van der Waals surface area contributed by atoms with Crippen LogP contribution in [-0.2, 0) is 10.0 Å². The first-order chi connectivity index (χ1) is 15.4. The van der Waals surface area contributed by atoms with E-state index in [1.165, 1.54) is 23.4 Å². The summed E-state index contributed by atoms with van der Waals surface area (Å²) in [5.41, 5.74) is 3.05. The number of carbonyl (C=O) groups is 1. The third-order valence-electron chi connectivity index (χ3n) is 6.00. The van der Waals surface area contributed by atoms with Crippen molar-refractivity contribution in [3.05, 3.63) is 59.7 Å². The van der Waals surface area contributed by atoms with E-state index in [2.05, 4.69) is 51.0 Å². The molecule has 8 heteroatoms. The summed E-state index contributed by atoms with van der Waals surface area (Å²) in [5.74, 6) is -0.173. The molecule has 1 heterocycles. The molecule has 0 radical (unpaired) electrons. The largest absolute Gasteiger partial charge is 0.369 e. The molecule has 1 aliphatic carbocycles. The van der Waals surface area contributed by atoms with Gasteiger partial charge in [-0.3, -0.25) is 9.69 Å². The molecule has 1 aliphatic heterocycles. The van der Waals surface area contributed by atoms with Crippen LogP contribution in [0.3, 0.4) is 0 Å². The molecule has 2 N–H and O–H groups in total. The summed E-state index contributed by atoms with van der Waals surface area (Å²) in [4.78, 5) is 17.4. The zero-order valence-corrected chi connectivity index (χ0v) is 19.4. The van der Waals surface area contributed by atoms with Gasteiger partial charge in [0.2, 0.25) is 10.0 Å². The Hall–Kier alpha value is -2.42. The first kappa shape index (κ1) is 22.8. The van der Waals surface area contributed by atoms with Crippen LogP contribution in [0.25, 0.3) is 0 Å². The minimum Gasteiger partial charge on any atom is -0.369 e. The predicted octanol–water partition coefficient (Wildman–Crippen LogP) is 2.38. The predicted molar refractivity (Wildman–Crippen MR) is 127 cm³/mol. The van der Waals surface area contributed by atoms with Crippen molar-refractivity contribution in [3.63, 3.8) is 0 Å². The first-order valence-corrected chi connectivity index (χ1v) is 12.8. The molecule has 0 atom stereocenters. The molecule has 7 nitrogen and oxygen atoms in total. The minimum atomic E-state index is -3.49. The Morgan fingerprint density at radius 3 is 2.41 bits per heavy atom. The van der Waals surface area contributed by atoms with Gasteiger partial charge < -0.3 is 10.2 Å². The Kier molecular flexibility index (Phi) is 7.13. The number of hydrogen-bond acceptors (Lipinski definition) is 5. The lowest BCUT2D eigenvalue weighted by atomic mass is 10.2. The van der Waals surface area contributed by atoms with E-state index >= 15 is 0 Å². The van der Waals surface area contributed by atoms with Crippen LogP contribution in [0.1, 0.15) is 35.2 Å². The van der Waals surface area contributed by atoms with Crippen molar-refractivity contribution in [1.29, 1.82) is 0 Å². The van der Waals surface area contributed by atoms with Gasteiger partial charge >= 0.3 is 0 Å². The molecule has 2 aliphatic rings.